The van der Waals surface area contributed by atoms with Crippen molar-refractivity contribution < 1.29 is 19.4 Å². The molecule has 0 aliphatic rings. The number of carboxylic acid groups (broad SMARTS) is 1. The zero-order chi connectivity index (χ0) is 24.8. The van der Waals surface area contributed by atoms with Crippen molar-refractivity contribution in [3.63, 3.8) is 0 Å². The van der Waals surface area contributed by atoms with Crippen LogP contribution in [0.2, 0.25) is 0 Å². The van der Waals surface area contributed by atoms with Crippen molar-refractivity contribution in [3.05, 3.63) is 108 Å². The first kappa shape index (κ1) is 26.5. The zero-order valence-corrected chi connectivity index (χ0v) is 20.7. The molecule has 0 fully saturated rings. The number of ether oxygens (including phenoxy) is 1. The summed E-state index contributed by atoms with van der Waals surface area (Å²) in [6.07, 6.45) is 4.06. The smallest absolute Gasteiger partial charge is 0.329 e. The molecule has 0 radical (unpaired) electrons. The summed E-state index contributed by atoms with van der Waals surface area (Å²) in [5, 5.41) is 11.3. The largest absolute Gasteiger partial charge is 0.480 e. The molecule has 2 N–H and O–H groups in total. The average molecular weight is 492 g/mol. The molecule has 5 nitrogen and oxygen atoms in total. The summed E-state index contributed by atoms with van der Waals surface area (Å²) in [4.78, 5) is 22.1. The van der Waals surface area contributed by atoms with Crippen LogP contribution < -0.4 is 5.32 Å². The van der Waals surface area contributed by atoms with Crippen LogP contribution in [0.15, 0.2) is 91.0 Å². The van der Waals surface area contributed by atoms with Gasteiger partial charge in [0.1, 0.15) is 13.2 Å². The number of carboxylic acids is 1. The third-order valence-corrected chi connectivity index (χ3v) is 7.34. The number of unbranched alkanes of at least 4 members (excludes halogenated alkanes) is 3. The molecule has 35 heavy (non-hydrogen) atoms. The monoisotopic (exact) mass is 491 g/mol. The van der Waals surface area contributed by atoms with Gasteiger partial charge in [0.2, 0.25) is 5.91 Å². The second-order valence-electron chi connectivity index (χ2n) is 8.28. The highest BCUT2D eigenvalue weighted by Crippen LogP contribution is 2.48. The maximum absolute atomic E-state index is 11.6. The second kappa shape index (κ2) is 14.3. The molecule has 3 aromatic rings. The van der Waals surface area contributed by atoms with Gasteiger partial charge < -0.3 is 15.2 Å². The van der Waals surface area contributed by atoms with Crippen LogP contribution in [0.25, 0.3) is 0 Å². The SMILES string of the molecule is O=C(O)COCC(=O)NCCCCCCSC(c1ccccc1)(c1ccccc1)c1ccccc1. The van der Waals surface area contributed by atoms with E-state index in [1.54, 1.807) is 0 Å². The van der Waals surface area contributed by atoms with Crippen LogP contribution in [0.3, 0.4) is 0 Å². The van der Waals surface area contributed by atoms with Crippen LogP contribution >= 0.6 is 11.8 Å². The van der Waals surface area contributed by atoms with Gasteiger partial charge in [-0.2, -0.15) is 0 Å². The molecule has 3 rings (SSSR count). The van der Waals surface area contributed by atoms with E-state index in [1.165, 1.54) is 16.7 Å². The first-order valence-corrected chi connectivity index (χ1v) is 13.0. The average Bonchev–Trinajstić information content (AvgIpc) is 2.89. The Morgan fingerprint density at radius 2 is 1.20 bits per heavy atom. The summed E-state index contributed by atoms with van der Waals surface area (Å²) in [7, 11) is 0. The van der Waals surface area contributed by atoms with E-state index >= 15 is 0 Å². The number of carbonyl (C=O) groups is 2. The summed E-state index contributed by atoms with van der Waals surface area (Å²) >= 11 is 1.97. The molecule has 6 heteroatoms. The molecular formula is C29H33NO4S. The van der Waals surface area contributed by atoms with E-state index < -0.39 is 12.6 Å². The summed E-state index contributed by atoms with van der Waals surface area (Å²) in [6, 6.07) is 32.1. The molecule has 0 heterocycles. The Bertz CT molecular complexity index is 932. The van der Waals surface area contributed by atoms with E-state index in [9.17, 15) is 9.59 Å². The van der Waals surface area contributed by atoms with Crippen LogP contribution in [0.5, 0.6) is 0 Å². The van der Waals surface area contributed by atoms with Crippen molar-refractivity contribution >= 4 is 23.6 Å². The van der Waals surface area contributed by atoms with Crippen molar-refractivity contribution in [1.82, 2.24) is 5.32 Å². The molecule has 0 aliphatic carbocycles. The molecule has 0 aliphatic heterocycles. The lowest BCUT2D eigenvalue weighted by Crippen LogP contribution is -2.29. The minimum Gasteiger partial charge on any atom is -0.480 e. The van der Waals surface area contributed by atoms with Gasteiger partial charge in [0.15, 0.2) is 0 Å². The van der Waals surface area contributed by atoms with Crippen LogP contribution in [0.1, 0.15) is 42.4 Å². The Morgan fingerprint density at radius 1 is 0.714 bits per heavy atom. The summed E-state index contributed by atoms with van der Waals surface area (Å²) in [5.74, 6) is -0.347. The number of hydrogen-bond donors (Lipinski definition) is 2. The molecule has 0 spiro atoms. The van der Waals surface area contributed by atoms with Gasteiger partial charge in [-0.05, 0) is 35.3 Å². The Kier molecular flexibility index (Phi) is 10.9. The molecule has 0 unspecified atom stereocenters. The molecule has 1 amide bonds. The predicted molar refractivity (Wildman–Crippen MR) is 142 cm³/mol. The molecule has 0 aromatic heterocycles. The van der Waals surface area contributed by atoms with Crippen LogP contribution in [-0.2, 0) is 19.1 Å². The Balaban J connectivity index is 1.56. The van der Waals surface area contributed by atoms with E-state index in [-0.39, 0.29) is 17.3 Å². The summed E-state index contributed by atoms with van der Waals surface area (Å²) in [6.45, 7) is -0.102. The second-order valence-corrected chi connectivity index (χ2v) is 9.59. The maximum Gasteiger partial charge on any atom is 0.329 e. The highest BCUT2D eigenvalue weighted by Gasteiger charge is 2.36. The van der Waals surface area contributed by atoms with Crippen LogP contribution in [0.4, 0.5) is 0 Å². The Labute approximate surface area is 211 Å². The topological polar surface area (TPSA) is 75.6 Å². The number of hydrogen-bond acceptors (Lipinski definition) is 4. The predicted octanol–water partition coefficient (Wildman–Crippen LogP) is 5.49. The fraction of sp³-hybridized carbons (Fsp3) is 0.310. The van der Waals surface area contributed by atoms with E-state index in [1.807, 2.05) is 11.8 Å². The number of aliphatic carboxylic acids is 1. The Morgan fingerprint density at radius 3 is 1.69 bits per heavy atom. The van der Waals surface area contributed by atoms with Gasteiger partial charge in [-0.1, -0.05) is 104 Å². The van der Waals surface area contributed by atoms with Crippen molar-refractivity contribution in [3.8, 4) is 0 Å². The minimum absolute atomic E-state index is 0.219. The molecule has 0 atom stereocenters. The van der Waals surface area contributed by atoms with Gasteiger partial charge in [0.05, 0.1) is 4.75 Å². The third-order valence-electron chi connectivity index (χ3n) is 5.71. The maximum atomic E-state index is 11.6. The highest BCUT2D eigenvalue weighted by atomic mass is 32.2. The lowest BCUT2D eigenvalue weighted by atomic mass is 9.84. The number of amides is 1. The summed E-state index contributed by atoms with van der Waals surface area (Å²) in [5.41, 5.74) is 3.82. The van der Waals surface area contributed by atoms with Gasteiger partial charge in [0.25, 0.3) is 0 Å². The number of carbonyl (C=O) groups excluding carboxylic acids is 1. The van der Waals surface area contributed by atoms with Gasteiger partial charge in [-0.25, -0.2) is 4.79 Å². The fourth-order valence-corrected chi connectivity index (χ4v) is 5.65. The third kappa shape index (κ3) is 7.98. The number of nitrogens with one attached hydrogen (secondary N) is 1. The summed E-state index contributed by atoms with van der Waals surface area (Å²) < 4.78 is 4.51. The molecule has 184 valence electrons. The van der Waals surface area contributed by atoms with E-state index in [0.717, 1.165) is 31.4 Å². The van der Waals surface area contributed by atoms with Gasteiger partial charge in [-0.15, -0.1) is 11.8 Å². The fourth-order valence-electron chi connectivity index (χ4n) is 4.08. The Hall–Kier alpha value is -3.09. The molecule has 3 aromatic carbocycles. The van der Waals surface area contributed by atoms with E-state index in [2.05, 4.69) is 96.3 Å². The first-order chi connectivity index (χ1) is 17.1. The minimum atomic E-state index is -1.08. The number of rotatable bonds is 15. The van der Waals surface area contributed by atoms with Crippen LogP contribution in [-0.4, -0.2) is 42.5 Å². The quantitative estimate of drug-likeness (QED) is 0.217. The lowest BCUT2D eigenvalue weighted by Gasteiger charge is -2.35. The van der Waals surface area contributed by atoms with Gasteiger partial charge >= 0.3 is 5.97 Å². The molecular weight excluding hydrogens is 458 g/mol. The zero-order valence-electron chi connectivity index (χ0n) is 19.9. The molecule has 0 bridgehead atoms. The van der Waals surface area contributed by atoms with Gasteiger partial charge in [-0.3, -0.25) is 4.79 Å². The first-order valence-electron chi connectivity index (χ1n) is 12.0. The van der Waals surface area contributed by atoms with Crippen molar-refractivity contribution in [1.29, 1.82) is 0 Å². The van der Waals surface area contributed by atoms with E-state index in [0.29, 0.717) is 6.54 Å². The van der Waals surface area contributed by atoms with Crippen molar-refractivity contribution in [2.45, 2.75) is 30.4 Å². The highest BCUT2D eigenvalue weighted by molar-refractivity contribution is 8.00. The standard InChI is InChI=1S/C29H33NO4S/c31-27(22-34-23-28(32)33)30-20-12-1-2-13-21-35-29(24-14-6-3-7-15-24,25-16-8-4-9-17-25)26-18-10-5-11-19-26/h3-11,14-19H,1-2,12-13,20-23H2,(H,30,31)(H,32,33). The molecule has 0 saturated carbocycles. The van der Waals surface area contributed by atoms with Crippen molar-refractivity contribution in [2.75, 3.05) is 25.5 Å². The lowest BCUT2D eigenvalue weighted by molar-refractivity contribution is -0.143. The molecule has 0 saturated heterocycles. The normalized spacial score (nSPS) is 11.2. The van der Waals surface area contributed by atoms with E-state index in [4.69, 9.17) is 9.84 Å². The van der Waals surface area contributed by atoms with Gasteiger partial charge in [0, 0.05) is 6.54 Å². The number of thioether (sulfide) groups is 1. The van der Waals surface area contributed by atoms with Crippen molar-refractivity contribution in [2.24, 2.45) is 0 Å². The number of benzene rings is 3. The van der Waals surface area contributed by atoms with Crippen LogP contribution in [0, 0.1) is 0 Å².